The molecule has 1 aromatic carbocycles. The van der Waals surface area contributed by atoms with E-state index in [2.05, 4.69) is 46.7 Å². The van der Waals surface area contributed by atoms with Crippen LogP contribution in [0.3, 0.4) is 0 Å². The van der Waals surface area contributed by atoms with Gasteiger partial charge in [0.15, 0.2) is 0 Å². The van der Waals surface area contributed by atoms with Crippen LogP contribution in [0.1, 0.15) is 18.9 Å². The lowest BCUT2D eigenvalue weighted by Crippen LogP contribution is -2.41. The van der Waals surface area contributed by atoms with Crippen molar-refractivity contribution in [3.63, 3.8) is 0 Å². The minimum absolute atomic E-state index is 0. The van der Waals surface area contributed by atoms with Crippen molar-refractivity contribution >= 4 is 36.4 Å². The largest absolute Gasteiger partial charge is 0.366 e. The van der Waals surface area contributed by atoms with Crippen LogP contribution in [0.5, 0.6) is 0 Å². The zero-order valence-electron chi connectivity index (χ0n) is 12.6. The van der Waals surface area contributed by atoms with Gasteiger partial charge in [-0.15, -0.1) is 24.8 Å². The van der Waals surface area contributed by atoms with E-state index in [1.165, 1.54) is 11.3 Å². The standard InChI is InChI=1S/C15H23N3O.2ClH/c1-12(11-17-15(19)7-9-16-2)18-10-8-13-5-3-4-6-14(13)18;;/h3-6,12,16H,7-11H2,1-2H3,(H,17,19);2*1H. The van der Waals surface area contributed by atoms with Gasteiger partial charge in [-0.2, -0.15) is 0 Å². The molecule has 0 aromatic heterocycles. The van der Waals surface area contributed by atoms with E-state index in [-0.39, 0.29) is 30.7 Å². The van der Waals surface area contributed by atoms with Crippen LogP contribution in [0, 0.1) is 0 Å². The van der Waals surface area contributed by atoms with Crippen molar-refractivity contribution in [2.75, 3.05) is 31.6 Å². The lowest BCUT2D eigenvalue weighted by Gasteiger charge is -2.27. The lowest BCUT2D eigenvalue weighted by atomic mass is 10.2. The number of anilines is 1. The topological polar surface area (TPSA) is 44.4 Å². The Kier molecular flexibility index (Phi) is 9.42. The summed E-state index contributed by atoms with van der Waals surface area (Å²) in [5.41, 5.74) is 2.73. The molecule has 1 unspecified atom stereocenters. The summed E-state index contributed by atoms with van der Waals surface area (Å²) in [5.74, 6) is 0.119. The van der Waals surface area contributed by atoms with Crippen molar-refractivity contribution in [3.05, 3.63) is 29.8 Å². The van der Waals surface area contributed by atoms with E-state index in [0.717, 1.165) is 19.5 Å². The van der Waals surface area contributed by atoms with Gasteiger partial charge in [0.05, 0.1) is 0 Å². The molecule has 0 aliphatic carbocycles. The molecule has 0 bridgehead atoms. The first-order valence-electron chi connectivity index (χ1n) is 6.98. The smallest absolute Gasteiger partial charge is 0.221 e. The Bertz CT molecular complexity index is 443. The third-order valence-electron chi connectivity index (χ3n) is 3.65. The monoisotopic (exact) mass is 333 g/mol. The molecular formula is C15H25Cl2N3O. The van der Waals surface area contributed by atoms with Gasteiger partial charge < -0.3 is 15.5 Å². The number of halogens is 2. The van der Waals surface area contributed by atoms with Crippen molar-refractivity contribution in [1.29, 1.82) is 0 Å². The normalized spacial score (nSPS) is 13.7. The van der Waals surface area contributed by atoms with E-state index < -0.39 is 0 Å². The number of hydrogen-bond acceptors (Lipinski definition) is 3. The van der Waals surface area contributed by atoms with Gasteiger partial charge in [-0.1, -0.05) is 18.2 Å². The number of nitrogens with zero attached hydrogens (tertiary/aromatic N) is 1. The molecule has 0 radical (unpaired) electrons. The number of hydrogen-bond donors (Lipinski definition) is 2. The molecule has 1 amide bonds. The molecule has 0 saturated heterocycles. The highest BCUT2D eigenvalue weighted by molar-refractivity contribution is 5.85. The third-order valence-corrected chi connectivity index (χ3v) is 3.65. The Balaban J connectivity index is 0.00000200. The second-order valence-corrected chi connectivity index (χ2v) is 5.08. The highest BCUT2D eigenvalue weighted by atomic mass is 35.5. The Labute approximate surface area is 139 Å². The fourth-order valence-electron chi connectivity index (χ4n) is 2.52. The SMILES string of the molecule is CNCCC(=O)NCC(C)N1CCc2ccccc21.Cl.Cl. The highest BCUT2D eigenvalue weighted by Gasteiger charge is 2.22. The maximum Gasteiger partial charge on any atom is 0.221 e. The van der Waals surface area contributed by atoms with E-state index >= 15 is 0 Å². The van der Waals surface area contributed by atoms with E-state index in [4.69, 9.17) is 0 Å². The van der Waals surface area contributed by atoms with Gasteiger partial charge in [-0.25, -0.2) is 0 Å². The van der Waals surface area contributed by atoms with Gasteiger partial charge in [0.25, 0.3) is 0 Å². The molecule has 1 heterocycles. The minimum Gasteiger partial charge on any atom is -0.366 e. The van der Waals surface area contributed by atoms with Gasteiger partial charge >= 0.3 is 0 Å². The molecule has 21 heavy (non-hydrogen) atoms. The van der Waals surface area contributed by atoms with Crippen LogP contribution < -0.4 is 15.5 Å². The van der Waals surface area contributed by atoms with E-state index in [9.17, 15) is 4.79 Å². The molecule has 4 nitrogen and oxygen atoms in total. The highest BCUT2D eigenvalue weighted by Crippen LogP contribution is 2.28. The van der Waals surface area contributed by atoms with Gasteiger partial charge in [0.2, 0.25) is 5.91 Å². The van der Waals surface area contributed by atoms with Crippen LogP contribution in [0.15, 0.2) is 24.3 Å². The number of nitrogens with one attached hydrogen (secondary N) is 2. The predicted octanol–water partition coefficient (Wildman–Crippen LogP) is 2.01. The van der Waals surface area contributed by atoms with E-state index in [1.54, 1.807) is 0 Å². The van der Waals surface area contributed by atoms with E-state index in [0.29, 0.717) is 19.0 Å². The van der Waals surface area contributed by atoms with Gasteiger partial charge in [0.1, 0.15) is 0 Å². The second kappa shape index (κ2) is 9.87. The van der Waals surface area contributed by atoms with Crippen LogP contribution in [-0.4, -0.2) is 38.6 Å². The molecule has 0 saturated carbocycles. The van der Waals surface area contributed by atoms with Crippen molar-refractivity contribution in [2.45, 2.75) is 25.8 Å². The molecule has 0 spiro atoms. The number of carbonyl (C=O) groups is 1. The van der Waals surface area contributed by atoms with Gasteiger partial charge in [0, 0.05) is 37.8 Å². The second-order valence-electron chi connectivity index (χ2n) is 5.08. The zero-order chi connectivity index (χ0) is 13.7. The summed E-state index contributed by atoms with van der Waals surface area (Å²) < 4.78 is 0. The van der Waals surface area contributed by atoms with Crippen LogP contribution in [0.2, 0.25) is 0 Å². The molecular weight excluding hydrogens is 309 g/mol. The predicted molar refractivity (Wildman–Crippen MR) is 93.0 cm³/mol. The summed E-state index contributed by atoms with van der Waals surface area (Å²) in [7, 11) is 1.86. The maximum atomic E-state index is 11.6. The first kappa shape index (κ1) is 20.0. The molecule has 1 aliphatic rings. The quantitative estimate of drug-likeness (QED) is 0.836. The summed E-state index contributed by atoms with van der Waals surface area (Å²) >= 11 is 0. The average Bonchev–Trinajstić information content (AvgIpc) is 2.86. The van der Waals surface area contributed by atoms with Gasteiger partial charge in [-0.05, 0) is 32.0 Å². The first-order chi connectivity index (χ1) is 9.22. The average molecular weight is 334 g/mol. The fourth-order valence-corrected chi connectivity index (χ4v) is 2.52. The zero-order valence-corrected chi connectivity index (χ0v) is 14.2. The molecule has 0 fully saturated rings. The number of benzene rings is 1. The fraction of sp³-hybridized carbons (Fsp3) is 0.533. The van der Waals surface area contributed by atoms with Crippen LogP contribution in [0.25, 0.3) is 0 Å². The molecule has 6 heteroatoms. The van der Waals surface area contributed by atoms with Crippen LogP contribution in [-0.2, 0) is 11.2 Å². The molecule has 2 N–H and O–H groups in total. The lowest BCUT2D eigenvalue weighted by molar-refractivity contribution is -0.121. The van der Waals surface area contributed by atoms with Crippen LogP contribution >= 0.6 is 24.8 Å². The first-order valence-corrected chi connectivity index (χ1v) is 6.98. The minimum atomic E-state index is 0. The Morgan fingerprint density at radius 2 is 2.05 bits per heavy atom. The molecule has 1 aliphatic heterocycles. The summed E-state index contributed by atoms with van der Waals surface area (Å²) in [6.45, 7) is 4.65. The number of carbonyl (C=O) groups excluding carboxylic acids is 1. The van der Waals surface area contributed by atoms with E-state index in [1.807, 2.05) is 7.05 Å². The number of amides is 1. The Morgan fingerprint density at radius 3 is 2.76 bits per heavy atom. The maximum absolute atomic E-state index is 11.6. The number of para-hydroxylation sites is 1. The number of rotatable bonds is 6. The summed E-state index contributed by atoms with van der Waals surface area (Å²) in [5, 5.41) is 5.99. The summed E-state index contributed by atoms with van der Waals surface area (Å²) in [6.07, 6.45) is 1.65. The third kappa shape index (κ3) is 5.38. The van der Waals surface area contributed by atoms with Crippen molar-refractivity contribution in [3.8, 4) is 0 Å². The molecule has 1 aromatic rings. The Hall–Kier alpha value is -0.970. The molecule has 1 atom stereocenters. The molecule has 120 valence electrons. The number of fused-ring (bicyclic) bond motifs is 1. The summed E-state index contributed by atoms with van der Waals surface area (Å²) in [4.78, 5) is 14.0. The van der Waals surface area contributed by atoms with Crippen molar-refractivity contribution in [1.82, 2.24) is 10.6 Å². The van der Waals surface area contributed by atoms with Gasteiger partial charge in [-0.3, -0.25) is 4.79 Å². The van der Waals surface area contributed by atoms with Crippen molar-refractivity contribution in [2.24, 2.45) is 0 Å². The summed E-state index contributed by atoms with van der Waals surface area (Å²) in [6, 6.07) is 8.86. The molecule has 2 rings (SSSR count). The van der Waals surface area contributed by atoms with Crippen LogP contribution in [0.4, 0.5) is 5.69 Å². The van der Waals surface area contributed by atoms with Crippen molar-refractivity contribution < 1.29 is 4.79 Å². The Morgan fingerprint density at radius 1 is 1.33 bits per heavy atom.